The van der Waals surface area contributed by atoms with Gasteiger partial charge >= 0.3 is 11.9 Å². The second-order valence-electron chi connectivity index (χ2n) is 6.73. The average Bonchev–Trinajstić information content (AvgIpc) is 2.36. The van der Waals surface area contributed by atoms with Gasteiger partial charge in [-0.1, -0.05) is 39.0 Å². The number of aliphatic carboxylic acids is 1. The van der Waals surface area contributed by atoms with Gasteiger partial charge in [0.05, 0.1) is 11.0 Å². The van der Waals surface area contributed by atoms with Crippen molar-refractivity contribution >= 4 is 11.9 Å². The molecule has 0 saturated heterocycles. The summed E-state index contributed by atoms with van der Waals surface area (Å²) in [6, 6.07) is 7.08. The van der Waals surface area contributed by atoms with Crippen molar-refractivity contribution in [1.82, 2.24) is 0 Å². The Labute approximate surface area is 125 Å². The molecule has 2 N–H and O–H groups in total. The van der Waals surface area contributed by atoms with Gasteiger partial charge in [-0.3, -0.25) is 9.68 Å². The van der Waals surface area contributed by atoms with Crippen LogP contribution in [0.4, 0.5) is 0 Å². The standard InChI is InChI=1S/C11H14O3.C5H10O2/c1-11(2,3)9-7-5-4-6-8(9)10(12)14-13;1-5(2,3)4(6)7/h4-7,13H,1-3H3;1-3H3,(H,6,7). The third kappa shape index (κ3) is 6.40. The zero-order valence-electron chi connectivity index (χ0n) is 13.4. The fraction of sp³-hybridized carbons (Fsp3) is 0.500. The van der Waals surface area contributed by atoms with Gasteiger partial charge in [-0.25, -0.2) is 4.79 Å². The first-order chi connectivity index (χ1) is 9.41. The van der Waals surface area contributed by atoms with Crippen LogP contribution in [0.25, 0.3) is 0 Å². The van der Waals surface area contributed by atoms with E-state index in [1.54, 1.807) is 32.9 Å². The predicted octanol–water partition coefficient (Wildman–Crippen LogP) is 3.73. The van der Waals surface area contributed by atoms with Crippen LogP contribution in [0.15, 0.2) is 24.3 Å². The third-order valence-corrected chi connectivity index (χ3v) is 2.68. The summed E-state index contributed by atoms with van der Waals surface area (Å²) in [6.45, 7) is 11.0. The number of hydrogen-bond acceptors (Lipinski definition) is 4. The van der Waals surface area contributed by atoms with E-state index < -0.39 is 17.4 Å². The fourth-order valence-electron chi connectivity index (χ4n) is 1.36. The van der Waals surface area contributed by atoms with Gasteiger partial charge in [-0.2, -0.15) is 5.26 Å². The van der Waals surface area contributed by atoms with Crippen molar-refractivity contribution in [3.63, 3.8) is 0 Å². The highest BCUT2D eigenvalue weighted by Crippen LogP contribution is 2.25. The van der Waals surface area contributed by atoms with Crippen LogP contribution in [0.5, 0.6) is 0 Å². The van der Waals surface area contributed by atoms with Crippen molar-refractivity contribution in [1.29, 1.82) is 0 Å². The molecule has 0 saturated carbocycles. The molecular weight excluding hydrogens is 272 g/mol. The zero-order valence-corrected chi connectivity index (χ0v) is 13.4. The Bertz CT molecular complexity index is 492. The summed E-state index contributed by atoms with van der Waals surface area (Å²) < 4.78 is 0. The van der Waals surface area contributed by atoms with E-state index in [2.05, 4.69) is 4.89 Å². The Morgan fingerprint density at radius 2 is 1.43 bits per heavy atom. The molecule has 0 aliphatic rings. The van der Waals surface area contributed by atoms with Crippen LogP contribution in [0.1, 0.15) is 57.5 Å². The van der Waals surface area contributed by atoms with Gasteiger partial charge in [0.15, 0.2) is 0 Å². The predicted molar refractivity (Wildman–Crippen MR) is 80.3 cm³/mol. The molecule has 21 heavy (non-hydrogen) atoms. The summed E-state index contributed by atoms with van der Waals surface area (Å²) in [5, 5.41) is 16.6. The first-order valence-corrected chi connectivity index (χ1v) is 6.60. The van der Waals surface area contributed by atoms with E-state index in [1.165, 1.54) is 0 Å². The minimum Gasteiger partial charge on any atom is -0.481 e. The molecule has 0 heterocycles. The molecule has 5 nitrogen and oxygen atoms in total. The van der Waals surface area contributed by atoms with Crippen molar-refractivity contribution in [3.8, 4) is 0 Å². The summed E-state index contributed by atoms with van der Waals surface area (Å²) in [5.74, 6) is -1.47. The van der Waals surface area contributed by atoms with Gasteiger partial charge in [-0.15, -0.1) is 0 Å². The molecule has 0 fully saturated rings. The lowest BCUT2D eigenvalue weighted by Crippen LogP contribution is -2.18. The van der Waals surface area contributed by atoms with Crippen LogP contribution >= 0.6 is 0 Å². The molecule has 1 aromatic rings. The van der Waals surface area contributed by atoms with Gasteiger partial charge in [0, 0.05) is 0 Å². The van der Waals surface area contributed by atoms with Gasteiger partial charge in [0.2, 0.25) is 0 Å². The Hall–Kier alpha value is -1.88. The van der Waals surface area contributed by atoms with Gasteiger partial charge in [0.1, 0.15) is 0 Å². The average molecular weight is 296 g/mol. The Kier molecular flexibility index (Phi) is 6.57. The van der Waals surface area contributed by atoms with Crippen molar-refractivity contribution in [2.24, 2.45) is 5.41 Å². The number of benzene rings is 1. The Morgan fingerprint density at radius 3 is 1.76 bits per heavy atom. The van der Waals surface area contributed by atoms with Crippen molar-refractivity contribution in [2.45, 2.75) is 47.0 Å². The van der Waals surface area contributed by atoms with E-state index in [0.29, 0.717) is 5.56 Å². The topological polar surface area (TPSA) is 83.8 Å². The van der Waals surface area contributed by atoms with Crippen molar-refractivity contribution in [3.05, 3.63) is 35.4 Å². The lowest BCUT2D eigenvalue weighted by atomic mass is 9.84. The molecule has 0 atom stereocenters. The lowest BCUT2D eigenvalue weighted by Gasteiger charge is -2.21. The molecule has 0 unspecified atom stereocenters. The number of carboxylic acid groups (broad SMARTS) is 1. The van der Waals surface area contributed by atoms with Crippen LogP contribution in [0, 0.1) is 5.41 Å². The number of rotatable bonds is 1. The van der Waals surface area contributed by atoms with Gasteiger partial charge in [-0.05, 0) is 37.8 Å². The normalized spacial score (nSPS) is 11.2. The van der Waals surface area contributed by atoms with Crippen LogP contribution in [0.3, 0.4) is 0 Å². The molecule has 0 aliphatic heterocycles. The molecular formula is C16H24O5. The lowest BCUT2D eigenvalue weighted by molar-refractivity contribution is -0.182. The minimum atomic E-state index is -0.757. The molecule has 0 spiro atoms. The first kappa shape index (κ1) is 19.1. The number of carboxylic acids is 1. The minimum absolute atomic E-state index is 0.148. The number of carbonyl (C=O) groups excluding carboxylic acids is 1. The van der Waals surface area contributed by atoms with Crippen molar-refractivity contribution < 1.29 is 24.8 Å². The molecule has 5 heteroatoms. The maximum Gasteiger partial charge on any atom is 0.373 e. The highest BCUT2D eigenvalue weighted by atomic mass is 17.1. The quantitative estimate of drug-likeness (QED) is 0.609. The van der Waals surface area contributed by atoms with E-state index in [9.17, 15) is 9.59 Å². The van der Waals surface area contributed by atoms with E-state index in [1.807, 2.05) is 32.9 Å². The van der Waals surface area contributed by atoms with Crippen LogP contribution < -0.4 is 0 Å². The van der Waals surface area contributed by atoms with Gasteiger partial charge < -0.3 is 5.11 Å². The third-order valence-electron chi connectivity index (χ3n) is 2.68. The first-order valence-electron chi connectivity index (χ1n) is 6.60. The van der Waals surface area contributed by atoms with E-state index in [4.69, 9.17) is 10.4 Å². The summed E-state index contributed by atoms with van der Waals surface area (Å²) in [5.41, 5.74) is 0.534. The summed E-state index contributed by atoms with van der Waals surface area (Å²) in [6.07, 6.45) is 0. The summed E-state index contributed by atoms with van der Waals surface area (Å²) >= 11 is 0. The molecule has 0 radical (unpaired) electrons. The molecule has 1 rings (SSSR count). The maximum absolute atomic E-state index is 11.2. The monoisotopic (exact) mass is 296 g/mol. The maximum atomic E-state index is 11.2. The number of carbonyl (C=O) groups is 2. The Balaban J connectivity index is 0.000000486. The highest BCUT2D eigenvalue weighted by molar-refractivity contribution is 5.91. The molecule has 0 aromatic heterocycles. The summed E-state index contributed by atoms with van der Waals surface area (Å²) in [7, 11) is 0. The molecule has 1 aromatic carbocycles. The van der Waals surface area contributed by atoms with E-state index in [0.717, 1.165) is 5.56 Å². The molecule has 0 amide bonds. The number of hydrogen-bond donors (Lipinski definition) is 2. The van der Waals surface area contributed by atoms with Gasteiger partial charge in [0.25, 0.3) is 0 Å². The smallest absolute Gasteiger partial charge is 0.373 e. The second-order valence-corrected chi connectivity index (χ2v) is 6.73. The molecule has 0 bridgehead atoms. The highest BCUT2D eigenvalue weighted by Gasteiger charge is 2.21. The van der Waals surface area contributed by atoms with E-state index >= 15 is 0 Å². The Morgan fingerprint density at radius 1 is 1.00 bits per heavy atom. The van der Waals surface area contributed by atoms with Crippen LogP contribution in [-0.2, 0) is 15.1 Å². The molecule has 0 aliphatic carbocycles. The SMILES string of the molecule is CC(C)(C)C(=O)O.CC(C)(C)c1ccccc1C(=O)OO. The summed E-state index contributed by atoms with van der Waals surface area (Å²) in [4.78, 5) is 25.0. The van der Waals surface area contributed by atoms with Crippen LogP contribution in [-0.4, -0.2) is 22.3 Å². The largest absolute Gasteiger partial charge is 0.481 e. The zero-order chi connectivity index (χ0) is 16.8. The van der Waals surface area contributed by atoms with Crippen LogP contribution in [0.2, 0.25) is 0 Å². The van der Waals surface area contributed by atoms with E-state index in [-0.39, 0.29) is 5.41 Å². The fourth-order valence-corrected chi connectivity index (χ4v) is 1.36. The molecule has 118 valence electrons. The second kappa shape index (κ2) is 7.22. The van der Waals surface area contributed by atoms with Crippen molar-refractivity contribution in [2.75, 3.05) is 0 Å².